The molecule has 0 saturated carbocycles. The highest BCUT2D eigenvalue weighted by Crippen LogP contribution is 2.11. The molecule has 0 aromatic heterocycles. The molecule has 1 heterocycles. The zero-order chi connectivity index (χ0) is 12.8. The molecular formula is C14H16O4. The lowest BCUT2D eigenvalue weighted by molar-refractivity contribution is -0.150. The Labute approximate surface area is 106 Å². The minimum Gasteiger partial charge on any atom is -0.377 e. The summed E-state index contributed by atoms with van der Waals surface area (Å²) in [6, 6.07) is 9.82. The molecule has 4 nitrogen and oxygen atoms in total. The lowest BCUT2D eigenvalue weighted by Gasteiger charge is -2.21. The molecular weight excluding hydrogens is 232 g/mol. The van der Waals surface area contributed by atoms with Crippen LogP contribution in [-0.4, -0.2) is 29.9 Å². The van der Waals surface area contributed by atoms with Gasteiger partial charge in [0.25, 0.3) is 0 Å². The Morgan fingerprint density at radius 2 is 2.06 bits per heavy atom. The molecule has 4 heteroatoms. The SMILES string of the molecule is O=C1C=CC(O)OC1CCOCc1ccccc1. The van der Waals surface area contributed by atoms with Crippen molar-refractivity contribution in [1.82, 2.24) is 0 Å². The van der Waals surface area contributed by atoms with E-state index in [1.807, 2.05) is 30.3 Å². The monoisotopic (exact) mass is 248 g/mol. The summed E-state index contributed by atoms with van der Waals surface area (Å²) in [6.07, 6.45) is 1.56. The fourth-order valence-corrected chi connectivity index (χ4v) is 1.73. The molecule has 1 aliphatic rings. The smallest absolute Gasteiger partial charge is 0.184 e. The Hall–Kier alpha value is -1.49. The van der Waals surface area contributed by atoms with Gasteiger partial charge in [-0.2, -0.15) is 0 Å². The van der Waals surface area contributed by atoms with Crippen LogP contribution in [0.5, 0.6) is 0 Å². The van der Waals surface area contributed by atoms with Gasteiger partial charge in [0.2, 0.25) is 0 Å². The molecule has 1 N–H and O–H groups in total. The third kappa shape index (κ3) is 3.77. The first-order valence-electron chi connectivity index (χ1n) is 5.93. The number of aliphatic hydroxyl groups is 1. The Morgan fingerprint density at radius 1 is 1.28 bits per heavy atom. The molecule has 0 bridgehead atoms. The van der Waals surface area contributed by atoms with Gasteiger partial charge in [0.05, 0.1) is 6.61 Å². The van der Waals surface area contributed by atoms with E-state index in [4.69, 9.17) is 9.47 Å². The van der Waals surface area contributed by atoms with Gasteiger partial charge in [0.15, 0.2) is 12.1 Å². The Bertz CT molecular complexity index is 413. The van der Waals surface area contributed by atoms with Crippen LogP contribution in [0.3, 0.4) is 0 Å². The van der Waals surface area contributed by atoms with E-state index < -0.39 is 12.4 Å². The molecule has 0 aliphatic carbocycles. The molecule has 18 heavy (non-hydrogen) atoms. The van der Waals surface area contributed by atoms with Crippen molar-refractivity contribution in [1.29, 1.82) is 0 Å². The quantitative estimate of drug-likeness (QED) is 0.801. The normalized spacial score (nSPS) is 23.3. The Kier molecular flexibility index (Phi) is 4.64. The van der Waals surface area contributed by atoms with Crippen molar-refractivity contribution < 1.29 is 19.4 Å². The number of hydrogen-bond acceptors (Lipinski definition) is 4. The largest absolute Gasteiger partial charge is 0.377 e. The van der Waals surface area contributed by atoms with Crippen LogP contribution < -0.4 is 0 Å². The molecule has 2 unspecified atom stereocenters. The molecule has 1 aromatic carbocycles. The average Bonchev–Trinajstić information content (AvgIpc) is 2.40. The van der Waals surface area contributed by atoms with Crippen molar-refractivity contribution in [2.45, 2.75) is 25.4 Å². The van der Waals surface area contributed by atoms with E-state index in [2.05, 4.69) is 0 Å². The third-order valence-electron chi connectivity index (χ3n) is 2.68. The van der Waals surface area contributed by atoms with Gasteiger partial charge in [0.1, 0.15) is 6.10 Å². The van der Waals surface area contributed by atoms with E-state index in [0.29, 0.717) is 19.6 Å². The van der Waals surface area contributed by atoms with E-state index in [9.17, 15) is 9.90 Å². The second-order valence-corrected chi connectivity index (χ2v) is 4.10. The van der Waals surface area contributed by atoms with E-state index in [1.165, 1.54) is 12.2 Å². The molecule has 0 radical (unpaired) electrons. The van der Waals surface area contributed by atoms with Crippen molar-refractivity contribution >= 4 is 5.78 Å². The lowest BCUT2D eigenvalue weighted by atomic mass is 10.1. The van der Waals surface area contributed by atoms with Crippen molar-refractivity contribution in [2.75, 3.05) is 6.61 Å². The average molecular weight is 248 g/mol. The molecule has 0 spiro atoms. The minimum absolute atomic E-state index is 0.122. The number of benzene rings is 1. The first-order chi connectivity index (χ1) is 8.75. The number of aliphatic hydroxyl groups excluding tert-OH is 1. The lowest BCUT2D eigenvalue weighted by Crippen LogP contribution is -2.32. The summed E-state index contributed by atoms with van der Waals surface area (Å²) in [5.41, 5.74) is 1.09. The number of carbonyl (C=O) groups excluding carboxylic acids is 1. The topological polar surface area (TPSA) is 55.8 Å². The van der Waals surface area contributed by atoms with Crippen molar-refractivity contribution in [3.05, 3.63) is 48.0 Å². The zero-order valence-corrected chi connectivity index (χ0v) is 9.99. The first-order valence-corrected chi connectivity index (χ1v) is 5.93. The zero-order valence-electron chi connectivity index (χ0n) is 9.99. The number of rotatable bonds is 5. The molecule has 96 valence electrons. The van der Waals surface area contributed by atoms with E-state index in [1.54, 1.807) is 0 Å². The summed E-state index contributed by atoms with van der Waals surface area (Å²) in [5.74, 6) is -0.122. The maximum absolute atomic E-state index is 11.4. The second-order valence-electron chi connectivity index (χ2n) is 4.10. The maximum Gasteiger partial charge on any atom is 0.184 e. The van der Waals surface area contributed by atoms with Crippen LogP contribution in [-0.2, 0) is 20.9 Å². The van der Waals surface area contributed by atoms with Gasteiger partial charge in [-0.05, 0) is 17.7 Å². The highest BCUT2D eigenvalue weighted by molar-refractivity contribution is 5.94. The van der Waals surface area contributed by atoms with Gasteiger partial charge >= 0.3 is 0 Å². The molecule has 1 aromatic rings. The highest BCUT2D eigenvalue weighted by atomic mass is 16.6. The minimum atomic E-state index is -0.984. The maximum atomic E-state index is 11.4. The van der Waals surface area contributed by atoms with Crippen LogP contribution in [0.25, 0.3) is 0 Å². The van der Waals surface area contributed by atoms with Crippen molar-refractivity contribution in [3.8, 4) is 0 Å². The predicted molar refractivity (Wildman–Crippen MR) is 65.7 cm³/mol. The number of ketones is 1. The Morgan fingerprint density at radius 3 is 2.83 bits per heavy atom. The number of carbonyl (C=O) groups is 1. The molecule has 2 rings (SSSR count). The molecule has 1 aliphatic heterocycles. The van der Waals surface area contributed by atoms with Crippen LogP contribution in [0.4, 0.5) is 0 Å². The predicted octanol–water partition coefficient (Wildman–Crippen LogP) is 1.44. The van der Waals surface area contributed by atoms with Crippen LogP contribution in [0.2, 0.25) is 0 Å². The second kappa shape index (κ2) is 6.44. The van der Waals surface area contributed by atoms with E-state index >= 15 is 0 Å². The van der Waals surface area contributed by atoms with Gasteiger partial charge in [-0.25, -0.2) is 0 Å². The van der Waals surface area contributed by atoms with Gasteiger partial charge in [-0.15, -0.1) is 0 Å². The van der Waals surface area contributed by atoms with E-state index in [-0.39, 0.29) is 5.78 Å². The summed E-state index contributed by atoms with van der Waals surface area (Å²) in [6.45, 7) is 0.937. The highest BCUT2D eigenvalue weighted by Gasteiger charge is 2.23. The van der Waals surface area contributed by atoms with Gasteiger partial charge < -0.3 is 14.6 Å². The van der Waals surface area contributed by atoms with Crippen molar-refractivity contribution in [3.63, 3.8) is 0 Å². The van der Waals surface area contributed by atoms with Crippen LogP contribution >= 0.6 is 0 Å². The summed E-state index contributed by atoms with van der Waals surface area (Å²) in [7, 11) is 0. The van der Waals surface area contributed by atoms with Crippen molar-refractivity contribution in [2.24, 2.45) is 0 Å². The van der Waals surface area contributed by atoms with Gasteiger partial charge in [-0.1, -0.05) is 30.3 Å². The Balaban J connectivity index is 1.70. The number of ether oxygens (including phenoxy) is 2. The first kappa shape index (κ1) is 13.0. The fraction of sp³-hybridized carbons (Fsp3) is 0.357. The van der Waals surface area contributed by atoms with Gasteiger partial charge in [0, 0.05) is 13.0 Å². The molecule has 0 fully saturated rings. The third-order valence-corrected chi connectivity index (χ3v) is 2.68. The standard InChI is InChI=1S/C14H16O4/c15-12-6-7-14(16)18-13(12)8-9-17-10-11-4-2-1-3-5-11/h1-7,13-14,16H,8-10H2. The van der Waals surface area contributed by atoms with Gasteiger partial charge in [-0.3, -0.25) is 4.79 Å². The summed E-state index contributed by atoms with van der Waals surface area (Å²) < 4.78 is 10.6. The van der Waals surface area contributed by atoms with E-state index in [0.717, 1.165) is 5.56 Å². The number of hydrogen-bond donors (Lipinski definition) is 1. The molecule has 0 amide bonds. The van der Waals surface area contributed by atoms with Crippen LogP contribution in [0.1, 0.15) is 12.0 Å². The summed E-state index contributed by atoms with van der Waals surface area (Å²) >= 11 is 0. The molecule has 0 saturated heterocycles. The fourth-order valence-electron chi connectivity index (χ4n) is 1.73. The van der Waals surface area contributed by atoms with Crippen LogP contribution in [0, 0.1) is 0 Å². The summed E-state index contributed by atoms with van der Waals surface area (Å²) in [4.78, 5) is 11.4. The van der Waals surface area contributed by atoms with Crippen LogP contribution in [0.15, 0.2) is 42.5 Å². The molecule has 2 atom stereocenters. The summed E-state index contributed by atoms with van der Waals surface area (Å²) in [5, 5.41) is 9.23.